The molecule has 1 amide bonds. The number of hydrogen-bond donors (Lipinski definition) is 1. The average molecular weight is 260 g/mol. The molecule has 19 heavy (non-hydrogen) atoms. The van der Waals surface area contributed by atoms with Crippen molar-refractivity contribution in [3.05, 3.63) is 34.9 Å². The standard InChI is InChI=1S/C15H20N2O2/c16-6-7-17(14-2-1-3-14)15(18)11-4-5-12-9-19-10-13(12)8-11/h4-5,8,14H,1-3,6-7,9-10,16H2. The lowest BCUT2D eigenvalue weighted by atomic mass is 9.90. The van der Waals surface area contributed by atoms with E-state index in [9.17, 15) is 4.79 Å². The average Bonchev–Trinajstić information content (AvgIpc) is 2.82. The predicted octanol–water partition coefficient (Wildman–Crippen LogP) is 1.67. The van der Waals surface area contributed by atoms with Crippen LogP contribution in [-0.2, 0) is 18.0 Å². The Labute approximate surface area is 113 Å². The van der Waals surface area contributed by atoms with Gasteiger partial charge in [-0.25, -0.2) is 0 Å². The first-order valence-electron chi connectivity index (χ1n) is 7.00. The van der Waals surface area contributed by atoms with Crippen molar-refractivity contribution in [3.8, 4) is 0 Å². The molecule has 0 bridgehead atoms. The van der Waals surface area contributed by atoms with E-state index in [-0.39, 0.29) is 5.91 Å². The molecule has 0 aromatic heterocycles. The van der Waals surface area contributed by atoms with Gasteiger partial charge in [0, 0.05) is 24.7 Å². The number of rotatable bonds is 4. The van der Waals surface area contributed by atoms with Crippen molar-refractivity contribution >= 4 is 5.91 Å². The number of carbonyl (C=O) groups excluding carboxylic acids is 1. The molecule has 2 aliphatic rings. The highest BCUT2D eigenvalue weighted by Gasteiger charge is 2.29. The molecule has 0 spiro atoms. The zero-order chi connectivity index (χ0) is 13.2. The molecule has 1 aromatic rings. The van der Waals surface area contributed by atoms with Gasteiger partial charge in [-0.05, 0) is 42.5 Å². The third kappa shape index (κ3) is 2.38. The highest BCUT2D eigenvalue weighted by molar-refractivity contribution is 5.94. The fourth-order valence-corrected chi connectivity index (χ4v) is 2.76. The normalized spacial score (nSPS) is 17.9. The minimum Gasteiger partial charge on any atom is -0.372 e. The number of amides is 1. The second-order valence-electron chi connectivity index (χ2n) is 5.35. The maximum absolute atomic E-state index is 12.6. The van der Waals surface area contributed by atoms with Crippen molar-refractivity contribution in [2.45, 2.75) is 38.5 Å². The van der Waals surface area contributed by atoms with E-state index in [0.29, 0.717) is 32.3 Å². The predicted molar refractivity (Wildman–Crippen MR) is 72.7 cm³/mol. The van der Waals surface area contributed by atoms with Gasteiger partial charge in [0.15, 0.2) is 0 Å². The number of benzene rings is 1. The molecule has 0 unspecified atom stereocenters. The van der Waals surface area contributed by atoms with Gasteiger partial charge in [0.1, 0.15) is 0 Å². The maximum atomic E-state index is 12.6. The van der Waals surface area contributed by atoms with Gasteiger partial charge >= 0.3 is 0 Å². The molecule has 1 saturated carbocycles. The van der Waals surface area contributed by atoms with E-state index in [0.717, 1.165) is 24.0 Å². The Morgan fingerprint density at radius 2 is 2.11 bits per heavy atom. The second-order valence-corrected chi connectivity index (χ2v) is 5.35. The van der Waals surface area contributed by atoms with Crippen LogP contribution in [-0.4, -0.2) is 29.9 Å². The molecule has 3 rings (SSSR count). The Morgan fingerprint density at radius 1 is 1.32 bits per heavy atom. The van der Waals surface area contributed by atoms with Crippen LogP contribution >= 0.6 is 0 Å². The summed E-state index contributed by atoms with van der Waals surface area (Å²) in [7, 11) is 0. The maximum Gasteiger partial charge on any atom is 0.254 e. The van der Waals surface area contributed by atoms with Crippen LogP contribution in [0.25, 0.3) is 0 Å². The van der Waals surface area contributed by atoms with Crippen LogP contribution in [0.1, 0.15) is 40.7 Å². The van der Waals surface area contributed by atoms with Crippen LogP contribution < -0.4 is 5.73 Å². The first-order chi connectivity index (χ1) is 9.29. The van der Waals surface area contributed by atoms with E-state index in [1.807, 2.05) is 23.1 Å². The molecule has 1 heterocycles. The highest BCUT2D eigenvalue weighted by Crippen LogP contribution is 2.27. The van der Waals surface area contributed by atoms with Gasteiger partial charge in [-0.2, -0.15) is 0 Å². The SMILES string of the molecule is NCCN(C(=O)c1ccc2c(c1)COC2)C1CCC1. The first-order valence-corrected chi connectivity index (χ1v) is 7.00. The quantitative estimate of drug-likeness (QED) is 0.896. The van der Waals surface area contributed by atoms with Gasteiger partial charge in [0.05, 0.1) is 13.2 Å². The Balaban J connectivity index is 1.81. The topological polar surface area (TPSA) is 55.6 Å². The minimum absolute atomic E-state index is 0.116. The number of ether oxygens (including phenoxy) is 1. The van der Waals surface area contributed by atoms with Crippen LogP contribution in [0, 0.1) is 0 Å². The molecule has 1 aliphatic carbocycles. The molecule has 1 aromatic carbocycles. The molecule has 2 N–H and O–H groups in total. The third-order valence-electron chi connectivity index (χ3n) is 4.11. The second kappa shape index (κ2) is 5.31. The van der Waals surface area contributed by atoms with E-state index in [2.05, 4.69) is 0 Å². The lowest BCUT2D eigenvalue weighted by Gasteiger charge is -2.37. The fourth-order valence-electron chi connectivity index (χ4n) is 2.76. The summed E-state index contributed by atoms with van der Waals surface area (Å²) in [5.74, 6) is 0.116. The molecule has 0 saturated heterocycles. The molecule has 0 atom stereocenters. The number of fused-ring (bicyclic) bond motifs is 1. The van der Waals surface area contributed by atoms with Crippen LogP contribution in [0.15, 0.2) is 18.2 Å². The summed E-state index contributed by atoms with van der Waals surface area (Å²) in [6.45, 7) is 2.46. The first kappa shape index (κ1) is 12.6. The van der Waals surface area contributed by atoms with Crippen molar-refractivity contribution in [1.29, 1.82) is 0 Å². The van der Waals surface area contributed by atoms with Gasteiger partial charge in [0.25, 0.3) is 5.91 Å². The minimum atomic E-state index is 0.116. The van der Waals surface area contributed by atoms with Gasteiger partial charge in [0.2, 0.25) is 0 Å². The number of hydrogen-bond acceptors (Lipinski definition) is 3. The zero-order valence-electron chi connectivity index (χ0n) is 11.1. The Bertz CT molecular complexity index is 483. The van der Waals surface area contributed by atoms with E-state index in [4.69, 9.17) is 10.5 Å². The van der Waals surface area contributed by atoms with E-state index in [1.165, 1.54) is 12.0 Å². The summed E-state index contributed by atoms with van der Waals surface area (Å²) in [6.07, 6.45) is 3.44. The molecule has 0 radical (unpaired) electrons. The number of nitrogens with zero attached hydrogens (tertiary/aromatic N) is 1. The van der Waals surface area contributed by atoms with Crippen molar-refractivity contribution in [1.82, 2.24) is 4.90 Å². The molecule has 1 aliphatic heterocycles. The lowest BCUT2D eigenvalue weighted by Crippen LogP contribution is -2.46. The van der Waals surface area contributed by atoms with Crippen LogP contribution in [0.5, 0.6) is 0 Å². The number of carbonyl (C=O) groups is 1. The third-order valence-corrected chi connectivity index (χ3v) is 4.11. The smallest absolute Gasteiger partial charge is 0.254 e. The highest BCUT2D eigenvalue weighted by atomic mass is 16.5. The fraction of sp³-hybridized carbons (Fsp3) is 0.533. The lowest BCUT2D eigenvalue weighted by molar-refractivity contribution is 0.0588. The van der Waals surface area contributed by atoms with Crippen LogP contribution in [0.2, 0.25) is 0 Å². The van der Waals surface area contributed by atoms with E-state index in [1.54, 1.807) is 0 Å². The Hall–Kier alpha value is -1.39. The molecule has 1 fully saturated rings. The summed E-state index contributed by atoms with van der Waals surface area (Å²) in [5.41, 5.74) is 8.75. The van der Waals surface area contributed by atoms with Crippen LogP contribution in [0.3, 0.4) is 0 Å². The van der Waals surface area contributed by atoms with Crippen molar-refractivity contribution in [2.24, 2.45) is 5.73 Å². The molecule has 102 valence electrons. The van der Waals surface area contributed by atoms with E-state index >= 15 is 0 Å². The summed E-state index contributed by atoms with van der Waals surface area (Å²) in [6, 6.07) is 6.29. The monoisotopic (exact) mass is 260 g/mol. The molecular weight excluding hydrogens is 240 g/mol. The molecule has 4 heteroatoms. The molecule has 4 nitrogen and oxygen atoms in total. The zero-order valence-corrected chi connectivity index (χ0v) is 11.1. The summed E-state index contributed by atoms with van der Waals surface area (Å²) < 4.78 is 5.39. The Kier molecular flexibility index (Phi) is 3.53. The number of nitrogens with two attached hydrogens (primary N) is 1. The summed E-state index contributed by atoms with van der Waals surface area (Å²) >= 11 is 0. The Morgan fingerprint density at radius 3 is 2.79 bits per heavy atom. The summed E-state index contributed by atoms with van der Waals surface area (Å²) in [4.78, 5) is 14.5. The van der Waals surface area contributed by atoms with Gasteiger partial charge in [-0.3, -0.25) is 4.79 Å². The largest absolute Gasteiger partial charge is 0.372 e. The van der Waals surface area contributed by atoms with E-state index < -0.39 is 0 Å². The van der Waals surface area contributed by atoms with Crippen molar-refractivity contribution < 1.29 is 9.53 Å². The molecular formula is C15H20N2O2. The van der Waals surface area contributed by atoms with Crippen LogP contribution in [0.4, 0.5) is 0 Å². The van der Waals surface area contributed by atoms with Gasteiger partial charge < -0.3 is 15.4 Å². The van der Waals surface area contributed by atoms with Crippen molar-refractivity contribution in [2.75, 3.05) is 13.1 Å². The van der Waals surface area contributed by atoms with Gasteiger partial charge in [-0.1, -0.05) is 6.07 Å². The summed E-state index contributed by atoms with van der Waals surface area (Å²) in [5, 5.41) is 0. The van der Waals surface area contributed by atoms with Crippen molar-refractivity contribution in [3.63, 3.8) is 0 Å². The van der Waals surface area contributed by atoms with Gasteiger partial charge in [-0.15, -0.1) is 0 Å².